The van der Waals surface area contributed by atoms with E-state index >= 15 is 0 Å². The first-order valence-electron chi connectivity index (χ1n) is 9.10. The Labute approximate surface area is 183 Å². The van der Waals surface area contributed by atoms with Gasteiger partial charge in [-0.15, -0.1) is 5.10 Å². The minimum Gasteiger partial charge on any atom is -0.495 e. The number of aryl methyl sites for hydroxylation is 1. The number of carbonyl (C=O) groups excluding carboxylic acids is 2. The molecular formula is C20H21ClN6O4. The molecule has 10 nitrogen and oxygen atoms in total. The average Bonchev–Trinajstić information content (AvgIpc) is 3.08. The van der Waals surface area contributed by atoms with E-state index in [4.69, 9.17) is 26.8 Å². The third kappa shape index (κ3) is 5.04. The molecule has 0 aliphatic rings. The van der Waals surface area contributed by atoms with Gasteiger partial charge in [0.05, 0.1) is 24.9 Å². The quantitative estimate of drug-likeness (QED) is 0.510. The molecule has 1 aromatic heterocycles. The summed E-state index contributed by atoms with van der Waals surface area (Å²) in [4.78, 5) is 25.0. The number of anilines is 3. The molecular weight excluding hydrogens is 424 g/mol. The molecule has 2 aromatic carbocycles. The minimum absolute atomic E-state index is 0.0490. The van der Waals surface area contributed by atoms with Crippen molar-refractivity contribution in [1.82, 2.24) is 15.0 Å². The van der Waals surface area contributed by atoms with Crippen LogP contribution in [0.3, 0.4) is 0 Å². The van der Waals surface area contributed by atoms with Crippen LogP contribution in [0.1, 0.15) is 16.1 Å². The first-order chi connectivity index (χ1) is 14.8. The van der Waals surface area contributed by atoms with E-state index < -0.39 is 11.8 Å². The molecule has 0 radical (unpaired) electrons. The fourth-order valence-corrected chi connectivity index (χ4v) is 3.04. The summed E-state index contributed by atoms with van der Waals surface area (Å²) < 4.78 is 11.5. The van der Waals surface area contributed by atoms with Gasteiger partial charge >= 0.3 is 0 Å². The van der Waals surface area contributed by atoms with E-state index in [0.29, 0.717) is 27.9 Å². The lowest BCUT2D eigenvalue weighted by molar-refractivity contribution is -0.116. The summed E-state index contributed by atoms with van der Waals surface area (Å²) >= 11 is 6.06. The first kappa shape index (κ1) is 21.9. The second kappa shape index (κ2) is 9.35. The van der Waals surface area contributed by atoms with Crippen molar-refractivity contribution in [3.63, 3.8) is 0 Å². The van der Waals surface area contributed by atoms with Gasteiger partial charge in [-0.3, -0.25) is 9.59 Å². The standard InChI is InChI=1S/C20H21ClN6O4/c1-11-4-6-16(31-3)14(8-11)24-20(29)18-19(22)27(26-25-18)10-17(28)23-12-5-7-15(30-2)13(21)9-12/h4-9H,10,22H2,1-3H3,(H,23,28)(H,24,29). The number of nitrogens with two attached hydrogens (primary N) is 1. The van der Waals surface area contributed by atoms with E-state index in [-0.39, 0.29) is 18.1 Å². The fraction of sp³-hybridized carbons (Fsp3) is 0.200. The van der Waals surface area contributed by atoms with E-state index in [1.807, 2.05) is 13.0 Å². The third-order valence-corrected chi connectivity index (χ3v) is 4.62. The monoisotopic (exact) mass is 444 g/mol. The largest absolute Gasteiger partial charge is 0.495 e. The van der Waals surface area contributed by atoms with Gasteiger partial charge in [-0.1, -0.05) is 22.9 Å². The number of halogens is 1. The number of aromatic nitrogens is 3. The summed E-state index contributed by atoms with van der Waals surface area (Å²) in [5, 5.41) is 13.3. The molecule has 4 N–H and O–H groups in total. The molecule has 0 atom stereocenters. The van der Waals surface area contributed by atoms with Crippen LogP contribution in [0.4, 0.5) is 17.2 Å². The van der Waals surface area contributed by atoms with Gasteiger partial charge in [-0.25, -0.2) is 4.68 Å². The Bertz CT molecular complexity index is 1130. The Morgan fingerprint density at radius 1 is 1.10 bits per heavy atom. The zero-order chi connectivity index (χ0) is 22.5. The normalized spacial score (nSPS) is 10.5. The van der Waals surface area contributed by atoms with Gasteiger partial charge in [0, 0.05) is 5.69 Å². The van der Waals surface area contributed by atoms with Crippen molar-refractivity contribution in [3.05, 3.63) is 52.7 Å². The molecule has 3 rings (SSSR count). The predicted molar refractivity (Wildman–Crippen MR) is 117 cm³/mol. The number of nitrogens with one attached hydrogen (secondary N) is 2. The van der Waals surface area contributed by atoms with Crippen LogP contribution in [0.15, 0.2) is 36.4 Å². The number of amides is 2. The Morgan fingerprint density at radius 3 is 2.48 bits per heavy atom. The van der Waals surface area contributed by atoms with E-state index in [2.05, 4.69) is 20.9 Å². The van der Waals surface area contributed by atoms with E-state index in [0.717, 1.165) is 10.2 Å². The summed E-state index contributed by atoms with van der Waals surface area (Å²) in [6, 6.07) is 10.2. The molecule has 11 heteroatoms. The van der Waals surface area contributed by atoms with Gasteiger partial charge in [-0.05, 0) is 42.8 Å². The maximum absolute atomic E-state index is 12.6. The van der Waals surface area contributed by atoms with Gasteiger partial charge in [0.2, 0.25) is 5.91 Å². The zero-order valence-corrected chi connectivity index (χ0v) is 17.9. The van der Waals surface area contributed by atoms with Crippen LogP contribution in [-0.2, 0) is 11.3 Å². The van der Waals surface area contributed by atoms with Gasteiger partial charge in [-0.2, -0.15) is 0 Å². The molecule has 0 aliphatic heterocycles. The van der Waals surface area contributed by atoms with Crippen molar-refractivity contribution in [1.29, 1.82) is 0 Å². The van der Waals surface area contributed by atoms with Crippen LogP contribution in [0.5, 0.6) is 11.5 Å². The first-order valence-corrected chi connectivity index (χ1v) is 9.48. The van der Waals surface area contributed by atoms with Crippen LogP contribution in [-0.4, -0.2) is 41.0 Å². The average molecular weight is 445 g/mol. The second-order valence-corrected chi connectivity index (χ2v) is 6.94. The molecule has 2 amide bonds. The molecule has 0 saturated heterocycles. The SMILES string of the molecule is COc1ccc(NC(=O)Cn2nnc(C(=O)Nc3cc(C)ccc3OC)c2N)cc1Cl. The number of ether oxygens (including phenoxy) is 2. The smallest absolute Gasteiger partial charge is 0.280 e. The molecule has 31 heavy (non-hydrogen) atoms. The number of nitrogens with zero attached hydrogens (tertiary/aromatic N) is 3. The minimum atomic E-state index is -0.574. The van der Waals surface area contributed by atoms with Crippen molar-refractivity contribution in [2.24, 2.45) is 0 Å². The number of rotatable bonds is 7. The van der Waals surface area contributed by atoms with E-state index in [9.17, 15) is 9.59 Å². The Balaban J connectivity index is 1.69. The van der Waals surface area contributed by atoms with Crippen molar-refractivity contribution in [2.45, 2.75) is 13.5 Å². The van der Waals surface area contributed by atoms with Crippen molar-refractivity contribution in [2.75, 3.05) is 30.6 Å². The van der Waals surface area contributed by atoms with Crippen LogP contribution >= 0.6 is 11.6 Å². The fourth-order valence-electron chi connectivity index (χ4n) is 2.78. The highest BCUT2D eigenvalue weighted by molar-refractivity contribution is 6.32. The molecule has 0 bridgehead atoms. The topological polar surface area (TPSA) is 133 Å². The van der Waals surface area contributed by atoms with Crippen LogP contribution in [0, 0.1) is 6.92 Å². The number of benzene rings is 2. The Hall–Kier alpha value is -3.79. The van der Waals surface area contributed by atoms with Gasteiger partial charge < -0.3 is 25.8 Å². The highest BCUT2D eigenvalue weighted by Gasteiger charge is 2.20. The van der Waals surface area contributed by atoms with Crippen molar-refractivity contribution in [3.8, 4) is 11.5 Å². The molecule has 0 aliphatic carbocycles. The van der Waals surface area contributed by atoms with Crippen LogP contribution < -0.4 is 25.8 Å². The molecule has 162 valence electrons. The molecule has 3 aromatic rings. The van der Waals surface area contributed by atoms with Crippen molar-refractivity contribution >= 4 is 40.6 Å². The van der Waals surface area contributed by atoms with E-state index in [1.165, 1.54) is 14.2 Å². The third-order valence-electron chi connectivity index (χ3n) is 4.32. The van der Waals surface area contributed by atoms with Gasteiger partial charge in [0.1, 0.15) is 18.0 Å². The summed E-state index contributed by atoms with van der Waals surface area (Å²) in [7, 11) is 3.00. The zero-order valence-electron chi connectivity index (χ0n) is 17.1. The van der Waals surface area contributed by atoms with Crippen LogP contribution in [0.2, 0.25) is 5.02 Å². The Morgan fingerprint density at radius 2 is 1.81 bits per heavy atom. The summed E-state index contributed by atoms with van der Waals surface area (Å²) in [5.41, 5.74) is 7.76. The maximum atomic E-state index is 12.6. The highest BCUT2D eigenvalue weighted by Crippen LogP contribution is 2.28. The molecule has 1 heterocycles. The van der Waals surface area contributed by atoms with E-state index in [1.54, 1.807) is 30.3 Å². The Kier molecular flexibility index (Phi) is 6.61. The summed E-state index contributed by atoms with van der Waals surface area (Å²) in [5.74, 6) is -0.0734. The number of nitrogen functional groups attached to an aromatic ring is 1. The predicted octanol–water partition coefficient (Wildman–Crippen LogP) is 2.73. The lowest BCUT2D eigenvalue weighted by atomic mass is 10.2. The number of hydrogen-bond donors (Lipinski definition) is 3. The number of carbonyl (C=O) groups is 2. The molecule has 0 fully saturated rings. The molecule has 0 unspecified atom stereocenters. The van der Waals surface area contributed by atoms with Gasteiger partial charge in [0.15, 0.2) is 11.5 Å². The molecule has 0 spiro atoms. The number of hydrogen-bond acceptors (Lipinski definition) is 7. The van der Waals surface area contributed by atoms with Crippen molar-refractivity contribution < 1.29 is 19.1 Å². The lowest BCUT2D eigenvalue weighted by Gasteiger charge is -2.10. The lowest BCUT2D eigenvalue weighted by Crippen LogP contribution is -2.21. The molecule has 0 saturated carbocycles. The summed E-state index contributed by atoms with van der Waals surface area (Å²) in [6.45, 7) is 1.64. The van der Waals surface area contributed by atoms with Crippen LogP contribution in [0.25, 0.3) is 0 Å². The maximum Gasteiger partial charge on any atom is 0.280 e. The highest BCUT2D eigenvalue weighted by atomic mass is 35.5. The summed E-state index contributed by atoms with van der Waals surface area (Å²) in [6.07, 6.45) is 0. The number of methoxy groups -OCH3 is 2. The second-order valence-electron chi connectivity index (χ2n) is 6.54. The van der Waals surface area contributed by atoms with Gasteiger partial charge in [0.25, 0.3) is 5.91 Å².